The Morgan fingerprint density at radius 3 is 2.71 bits per heavy atom. The predicted octanol–water partition coefficient (Wildman–Crippen LogP) is 2.06. The van der Waals surface area contributed by atoms with Crippen LogP contribution in [0.4, 0.5) is 0 Å². The number of nitrogens with zero attached hydrogens (tertiary/aromatic N) is 3. The van der Waals surface area contributed by atoms with Crippen molar-refractivity contribution in [2.75, 3.05) is 13.1 Å². The van der Waals surface area contributed by atoms with Gasteiger partial charge in [0.2, 0.25) is 5.91 Å². The monoisotopic (exact) mass is 381 g/mol. The number of hydrogen-bond donors (Lipinski definition) is 0. The van der Waals surface area contributed by atoms with Crippen molar-refractivity contribution in [3.63, 3.8) is 0 Å². The predicted molar refractivity (Wildman–Crippen MR) is 105 cm³/mol. The minimum Gasteiger partial charge on any atom is -0.467 e. The first-order valence-electron chi connectivity index (χ1n) is 9.57. The molecule has 7 nitrogen and oxygen atoms in total. The summed E-state index contributed by atoms with van der Waals surface area (Å²) in [6, 6.07) is 10.3. The van der Waals surface area contributed by atoms with Crippen molar-refractivity contribution in [3.05, 3.63) is 69.3 Å². The number of carbonyl (C=O) groups excluding carboxylic acids is 1. The zero-order chi connectivity index (χ0) is 19.7. The Morgan fingerprint density at radius 1 is 1.14 bits per heavy atom. The lowest BCUT2D eigenvalue weighted by Crippen LogP contribution is -2.45. The van der Waals surface area contributed by atoms with E-state index < -0.39 is 5.69 Å². The average molecular weight is 381 g/mol. The Balaban J connectivity index is 1.77. The van der Waals surface area contributed by atoms with Crippen LogP contribution in [0, 0.1) is 5.92 Å². The summed E-state index contributed by atoms with van der Waals surface area (Å²) in [6.45, 7) is 3.50. The fourth-order valence-electron chi connectivity index (χ4n) is 3.87. The summed E-state index contributed by atoms with van der Waals surface area (Å²) in [7, 11) is 0. The Labute approximate surface area is 161 Å². The van der Waals surface area contributed by atoms with E-state index in [1.54, 1.807) is 36.4 Å². The fourth-order valence-corrected chi connectivity index (χ4v) is 3.87. The van der Waals surface area contributed by atoms with Crippen LogP contribution in [0.2, 0.25) is 0 Å². The average Bonchev–Trinajstić information content (AvgIpc) is 3.21. The van der Waals surface area contributed by atoms with Crippen LogP contribution in [-0.2, 0) is 17.9 Å². The van der Waals surface area contributed by atoms with Crippen molar-refractivity contribution in [2.45, 2.75) is 32.9 Å². The molecule has 2 aromatic heterocycles. The van der Waals surface area contributed by atoms with Crippen LogP contribution >= 0.6 is 0 Å². The molecule has 0 unspecified atom stereocenters. The maximum absolute atomic E-state index is 13.1. The van der Waals surface area contributed by atoms with E-state index in [2.05, 4.69) is 6.92 Å². The molecule has 0 bridgehead atoms. The number of para-hydroxylation sites is 1. The highest BCUT2D eigenvalue weighted by molar-refractivity contribution is 5.81. The zero-order valence-corrected chi connectivity index (χ0v) is 15.8. The lowest BCUT2D eigenvalue weighted by molar-refractivity contribution is -0.133. The van der Waals surface area contributed by atoms with Crippen LogP contribution in [0.3, 0.4) is 0 Å². The Bertz CT molecular complexity index is 1110. The molecule has 3 aromatic rings. The minimum atomic E-state index is -0.501. The first-order chi connectivity index (χ1) is 13.5. The quantitative estimate of drug-likeness (QED) is 0.693. The van der Waals surface area contributed by atoms with Gasteiger partial charge in [-0.05, 0) is 43.0 Å². The van der Waals surface area contributed by atoms with Gasteiger partial charge >= 0.3 is 5.69 Å². The van der Waals surface area contributed by atoms with Gasteiger partial charge in [0.15, 0.2) is 0 Å². The molecule has 4 rings (SSSR count). The van der Waals surface area contributed by atoms with E-state index in [9.17, 15) is 14.4 Å². The third-order valence-corrected chi connectivity index (χ3v) is 5.33. The second-order valence-corrected chi connectivity index (χ2v) is 7.44. The van der Waals surface area contributed by atoms with Gasteiger partial charge in [-0.3, -0.25) is 18.7 Å². The second kappa shape index (κ2) is 7.50. The maximum atomic E-state index is 13.1. The van der Waals surface area contributed by atoms with Crippen molar-refractivity contribution in [3.8, 4) is 0 Å². The highest BCUT2D eigenvalue weighted by Gasteiger charge is 2.23. The molecule has 7 heteroatoms. The van der Waals surface area contributed by atoms with Crippen molar-refractivity contribution < 1.29 is 9.21 Å². The van der Waals surface area contributed by atoms with Crippen LogP contribution in [0.15, 0.2) is 56.7 Å². The summed E-state index contributed by atoms with van der Waals surface area (Å²) in [5.41, 5.74) is -0.405. The summed E-state index contributed by atoms with van der Waals surface area (Å²) in [6.07, 6.45) is 3.59. The molecule has 1 aliphatic heterocycles. The lowest BCUT2D eigenvalue weighted by Gasteiger charge is -2.31. The van der Waals surface area contributed by atoms with E-state index in [-0.39, 0.29) is 24.6 Å². The number of hydrogen-bond acceptors (Lipinski definition) is 4. The largest absolute Gasteiger partial charge is 0.467 e. The van der Waals surface area contributed by atoms with Gasteiger partial charge in [0.25, 0.3) is 5.56 Å². The summed E-state index contributed by atoms with van der Waals surface area (Å²) >= 11 is 0. The highest BCUT2D eigenvalue weighted by Crippen LogP contribution is 2.16. The van der Waals surface area contributed by atoms with E-state index >= 15 is 0 Å². The summed E-state index contributed by atoms with van der Waals surface area (Å²) in [5.74, 6) is 0.873. The second-order valence-electron chi connectivity index (χ2n) is 7.44. The Hall–Kier alpha value is -3.09. The van der Waals surface area contributed by atoms with Gasteiger partial charge in [-0.15, -0.1) is 0 Å². The van der Waals surface area contributed by atoms with Crippen LogP contribution in [0.25, 0.3) is 10.9 Å². The number of benzene rings is 1. The number of furan rings is 1. The normalized spacial score (nSPS) is 17.2. The van der Waals surface area contributed by atoms with Crippen LogP contribution in [0.5, 0.6) is 0 Å². The maximum Gasteiger partial charge on any atom is 0.332 e. The first-order valence-corrected chi connectivity index (χ1v) is 9.57. The Kier molecular flexibility index (Phi) is 4.90. The molecule has 0 saturated carbocycles. The number of amides is 1. The van der Waals surface area contributed by atoms with Gasteiger partial charge in [0, 0.05) is 13.1 Å². The van der Waals surface area contributed by atoms with E-state index in [1.165, 1.54) is 10.8 Å². The van der Waals surface area contributed by atoms with Gasteiger partial charge < -0.3 is 9.32 Å². The molecule has 0 N–H and O–H groups in total. The van der Waals surface area contributed by atoms with Crippen molar-refractivity contribution in [1.82, 2.24) is 14.0 Å². The summed E-state index contributed by atoms with van der Waals surface area (Å²) < 4.78 is 7.84. The highest BCUT2D eigenvalue weighted by atomic mass is 16.3. The van der Waals surface area contributed by atoms with Crippen molar-refractivity contribution in [2.24, 2.45) is 5.92 Å². The molecule has 1 aromatic carbocycles. The number of rotatable bonds is 4. The number of likely N-dealkylation sites (tertiary alicyclic amines) is 1. The molecule has 0 radical (unpaired) electrons. The summed E-state index contributed by atoms with van der Waals surface area (Å²) in [4.78, 5) is 40.7. The molecule has 0 aliphatic carbocycles. The van der Waals surface area contributed by atoms with E-state index in [4.69, 9.17) is 4.42 Å². The topological polar surface area (TPSA) is 77.5 Å². The molecular formula is C21H23N3O4. The Morgan fingerprint density at radius 2 is 1.96 bits per heavy atom. The third kappa shape index (κ3) is 3.40. The molecule has 1 atom stereocenters. The number of piperidine rings is 1. The molecule has 0 spiro atoms. The molecule has 146 valence electrons. The molecule has 1 fully saturated rings. The van der Waals surface area contributed by atoms with Crippen molar-refractivity contribution >= 4 is 16.8 Å². The third-order valence-electron chi connectivity index (χ3n) is 5.33. The molecule has 1 aliphatic rings. The first kappa shape index (κ1) is 18.3. The lowest BCUT2D eigenvalue weighted by atomic mass is 10.0. The summed E-state index contributed by atoms with van der Waals surface area (Å²) in [5, 5.41) is 0.411. The zero-order valence-electron chi connectivity index (χ0n) is 15.8. The molecular weight excluding hydrogens is 358 g/mol. The number of aromatic nitrogens is 2. The molecule has 3 heterocycles. The van der Waals surface area contributed by atoms with Crippen LogP contribution in [-0.4, -0.2) is 33.0 Å². The number of carbonyl (C=O) groups is 1. The van der Waals surface area contributed by atoms with Gasteiger partial charge in [0.05, 0.1) is 23.7 Å². The van der Waals surface area contributed by atoms with Gasteiger partial charge in [-0.1, -0.05) is 19.1 Å². The van der Waals surface area contributed by atoms with Gasteiger partial charge in [-0.25, -0.2) is 4.79 Å². The minimum absolute atomic E-state index is 0.0322. The van der Waals surface area contributed by atoms with E-state index in [0.29, 0.717) is 35.7 Å². The SMILES string of the molecule is C[C@H]1CCCN(C(=O)Cn2c(=O)n(Cc3ccco3)c(=O)c3ccccc32)C1. The van der Waals surface area contributed by atoms with E-state index in [0.717, 1.165) is 17.4 Å². The van der Waals surface area contributed by atoms with Crippen molar-refractivity contribution in [1.29, 1.82) is 0 Å². The van der Waals surface area contributed by atoms with Crippen LogP contribution < -0.4 is 11.2 Å². The number of fused-ring (bicyclic) bond motifs is 1. The molecule has 1 amide bonds. The van der Waals surface area contributed by atoms with Crippen LogP contribution in [0.1, 0.15) is 25.5 Å². The molecule has 1 saturated heterocycles. The van der Waals surface area contributed by atoms with Gasteiger partial charge in [0.1, 0.15) is 12.3 Å². The van der Waals surface area contributed by atoms with Gasteiger partial charge in [-0.2, -0.15) is 0 Å². The fraction of sp³-hybridized carbons (Fsp3) is 0.381. The smallest absolute Gasteiger partial charge is 0.332 e. The standard InChI is InChI=1S/C21H23N3O4/c1-15-6-4-10-22(12-15)19(25)14-23-18-9-3-2-8-17(18)20(26)24(21(23)27)13-16-7-5-11-28-16/h2-3,5,7-9,11,15H,4,6,10,12-14H2,1H3/t15-/m0/s1. The van der Waals surface area contributed by atoms with E-state index in [1.807, 2.05) is 4.90 Å². The molecule has 28 heavy (non-hydrogen) atoms.